The van der Waals surface area contributed by atoms with E-state index in [4.69, 9.17) is 27.6 Å². The molecule has 2 N–H and O–H groups in total. The maximum atomic E-state index is 12.4. The van der Waals surface area contributed by atoms with E-state index in [0.717, 1.165) is 19.4 Å². The van der Waals surface area contributed by atoms with Crippen molar-refractivity contribution in [1.29, 1.82) is 0 Å². The molecule has 1 aliphatic rings. The lowest BCUT2D eigenvalue weighted by Crippen LogP contribution is -2.43. The van der Waals surface area contributed by atoms with Crippen LogP contribution in [0.15, 0.2) is 41.0 Å². The van der Waals surface area contributed by atoms with Crippen molar-refractivity contribution < 1.29 is 14.0 Å². The second-order valence-corrected chi connectivity index (χ2v) is 7.20. The van der Waals surface area contributed by atoms with Crippen LogP contribution in [0.5, 0.6) is 0 Å². The van der Waals surface area contributed by atoms with Gasteiger partial charge in [0.2, 0.25) is 11.8 Å². The largest absolute Gasteiger partial charge is 0.467 e. The SMILES string of the molecule is O=C(CCN1CCC[C@@H]1C(=O)NCc1ccco1)Nc1c(Cl)cccc1Cl. The number of rotatable bonds is 7. The molecule has 0 saturated carbocycles. The summed E-state index contributed by atoms with van der Waals surface area (Å²) in [6.07, 6.45) is 3.54. The third-order valence-electron chi connectivity index (χ3n) is 4.54. The number of amides is 2. The smallest absolute Gasteiger partial charge is 0.237 e. The normalized spacial score (nSPS) is 17.0. The summed E-state index contributed by atoms with van der Waals surface area (Å²) in [4.78, 5) is 26.7. The number of carbonyl (C=O) groups is 2. The molecule has 1 aromatic carbocycles. The molecule has 1 atom stereocenters. The van der Waals surface area contributed by atoms with Crippen LogP contribution in [0.4, 0.5) is 5.69 Å². The Labute approximate surface area is 167 Å². The first-order valence-electron chi connectivity index (χ1n) is 8.82. The highest BCUT2D eigenvalue weighted by molar-refractivity contribution is 6.39. The van der Waals surface area contributed by atoms with E-state index < -0.39 is 0 Å². The lowest BCUT2D eigenvalue weighted by Gasteiger charge is -2.23. The summed E-state index contributed by atoms with van der Waals surface area (Å²) in [5, 5.41) is 6.43. The van der Waals surface area contributed by atoms with Gasteiger partial charge in [-0.15, -0.1) is 0 Å². The molecule has 1 aromatic heterocycles. The van der Waals surface area contributed by atoms with Crippen LogP contribution in [-0.2, 0) is 16.1 Å². The molecule has 0 bridgehead atoms. The van der Waals surface area contributed by atoms with E-state index in [9.17, 15) is 9.59 Å². The van der Waals surface area contributed by atoms with Crippen LogP contribution < -0.4 is 10.6 Å². The van der Waals surface area contributed by atoms with Gasteiger partial charge in [0.05, 0.1) is 34.6 Å². The van der Waals surface area contributed by atoms with E-state index in [1.165, 1.54) is 0 Å². The van der Waals surface area contributed by atoms with Crippen molar-refractivity contribution in [3.63, 3.8) is 0 Å². The van der Waals surface area contributed by atoms with Gasteiger partial charge in [0, 0.05) is 13.0 Å². The molecule has 6 nitrogen and oxygen atoms in total. The van der Waals surface area contributed by atoms with Crippen molar-refractivity contribution in [2.24, 2.45) is 0 Å². The predicted octanol–water partition coefficient (Wildman–Crippen LogP) is 3.70. The van der Waals surface area contributed by atoms with Crippen LogP contribution in [0.25, 0.3) is 0 Å². The molecule has 144 valence electrons. The molecule has 27 heavy (non-hydrogen) atoms. The van der Waals surface area contributed by atoms with Gasteiger partial charge < -0.3 is 15.1 Å². The molecule has 2 amide bonds. The lowest BCUT2D eigenvalue weighted by molar-refractivity contribution is -0.126. The Bertz CT molecular complexity index is 775. The van der Waals surface area contributed by atoms with E-state index >= 15 is 0 Å². The monoisotopic (exact) mass is 409 g/mol. The minimum atomic E-state index is -0.225. The number of likely N-dealkylation sites (tertiary alicyclic amines) is 1. The first kappa shape index (κ1) is 19.7. The molecular formula is C19H21Cl2N3O3. The van der Waals surface area contributed by atoms with Gasteiger partial charge in [0.25, 0.3) is 0 Å². The summed E-state index contributed by atoms with van der Waals surface area (Å²) in [6.45, 7) is 1.65. The van der Waals surface area contributed by atoms with E-state index in [2.05, 4.69) is 10.6 Å². The number of halogens is 2. The van der Waals surface area contributed by atoms with Gasteiger partial charge in [-0.1, -0.05) is 29.3 Å². The molecule has 1 saturated heterocycles. The van der Waals surface area contributed by atoms with Gasteiger partial charge in [-0.05, 0) is 43.7 Å². The Hall–Kier alpha value is -2.02. The van der Waals surface area contributed by atoms with Crippen molar-refractivity contribution in [2.45, 2.75) is 31.8 Å². The van der Waals surface area contributed by atoms with Gasteiger partial charge in [0.1, 0.15) is 5.76 Å². The average Bonchev–Trinajstić information content (AvgIpc) is 3.32. The number of hydrogen-bond donors (Lipinski definition) is 2. The van der Waals surface area contributed by atoms with Crippen molar-refractivity contribution >= 4 is 40.7 Å². The molecule has 0 unspecified atom stereocenters. The fourth-order valence-electron chi connectivity index (χ4n) is 3.16. The minimum Gasteiger partial charge on any atom is -0.467 e. The molecule has 2 heterocycles. The topological polar surface area (TPSA) is 74.6 Å². The third-order valence-corrected chi connectivity index (χ3v) is 5.17. The lowest BCUT2D eigenvalue weighted by atomic mass is 10.2. The van der Waals surface area contributed by atoms with Gasteiger partial charge in [-0.3, -0.25) is 14.5 Å². The number of hydrogen-bond acceptors (Lipinski definition) is 4. The second kappa shape index (κ2) is 9.26. The molecule has 0 spiro atoms. The van der Waals surface area contributed by atoms with E-state index in [-0.39, 0.29) is 24.3 Å². The summed E-state index contributed by atoms with van der Waals surface area (Å²) in [5.41, 5.74) is 0.417. The zero-order valence-corrected chi connectivity index (χ0v) is 16.2. The molecule has 3 rings (SSSR count). The van der Waals surface area contributed by atoms with Crippen molar-refractivity contribution in [3.05, 3.63) is 52.4 Å². The molecule has 1 aliphatic heterocycles. The zero-order valence-electron chi connectivity index (χ0n) is 14.7. The van der Waals surface area contributed by atoms with E-state index in [0.29, 0.717) is 34.6 Å². The van der Waals surface area contributed by atoms with E-state index in [1.807, 2.05) is 11.0 Å². The van der Waals surface area contributed by atoms with Gasteiger partial charge in [-0.2, -0.15) is 0 Å². The number of furan rings is 1. The van der Waals surface area contributed by atoms with Crippen molar-refractivity contribution in [1.82, 2.24) is 10.2 Å². The Balaban J connectivity index is 1.49. The highest BCUT2D eigenvalue weighted by Crippen LogP contribution is 2.30. The molecule has 0 aliphatic carbocycles. The number of benzene rings is 1. The summed E-state index contributed by atoms with van der Waals surface area (Å²) >= 11 is 12.1. The fourth-order valence-corrected chi connectivity index (χ4v) is 3.65. The zero-order chi connectivity index (χ0) is 19.2. The number of nitrogens with one attached hydrogen (secondary N) is 2. The Morgan fingerprint density at radius 2 is 1.96 bits per heavy atom. The quantitative estimate of drug-likeness (QED) is 0.730. The van der Waals surface area contributed by atoms with Crippen molar-refractivity contribution in [3.8, 4) is 0 Å². The molecular weight excluding hydrogens is 389 g/mol. The Morgan fingerprint density at radius 3 is 2.67 bits per heavy atom. The van der Waals surface area contributed by atoms with Crippen LogP contribution >= 0.6 is 23.2 Å². The molecule has 2 aromatic rings. The van der Waals surface area contributed by atoms with Gasteiger partial charge >= 0.3 is 0 Å². The highest BCUT2D eigenvalue weighted by Gasteiger charge is 2.30. The standard InChI is InChI=1S/C19H21Cl2N3O3/c20-14-5-1-6-15(21)18(14)23-17(25)8-10-24-9-2-7-16(24)19(26)22-12-13-4-3-11-27-13/h1,3-6,11,16H,2,7-10,12H2,(H,22,26)(H,23,25)/t16-/m1/s1. The van der Waals surface area contributed by atoms with E-state index in [1.54, 1.807) is 30.5 Å². The Morgan fingerprint density at radius 1 is 1.19 bits per heavy atom. The van der Waals surface area contributed by atoms with Gasteiger partial charge in [-0.25, -0.2) is 0 Å². The van der Waals surface area contributed by atoms with Crippen LogP contribution in [0, 0.1) is 0 Å². The Kier molecular flexibility index (Phi) is 6.77. The number of nitrogens with zero attached hydrogens (tertiary/aromatic N) is 1. The van der Waals surface area contributed by atoms with Crippen LogP contribution in [0.2, 0.25) is 10.0 Å². The molecule has 8 heteroatoms. The number of anilines is 1. The average molecular weight is 410 g/mol. The van der Waals surface area contributed by atoms with Crippen LogP contribution in [0.1, 0.15) is 25.0 Å². The predicted molar refractivity (Wildman–Crippen MR) is 105 cm³/mol. The number of carbonyl (C=O) groups excluding carboxylic acids is 2. The maximum absolute atomic E-state index is 12.4. The summed E-state index contributed by atoms with van der Waals surface area (Å²) in [7, 11) is 0. The maximum Gasteiger partial charge on any atom is 0.237 e. The highest BCUT2D eigenvalue weighted by atomic mass is 35.5. The molecule has 1 fully saturated rings. The summed E-state index contributed by atoms with van der Waals surface area (Å²) in [6, 6.07) is 8.43. The first-order chi connectivity index (χ1) is 13.0. The fraction of sp³-hybridized carbons (Fsp3) is 0.368. The van der Waals surface area contributed by atoms with Crippen LogP contribution in [0.3, 0.4) is 0 Å². The van der Waals surface area contributed by atoms with Crippen LogP contribution in [-0.4, -0.2) is 35.8 Å². The minimum absolute atomic E-state index is 0.0431. The number of para-hydroxylation sites is 1. The summed E-state index contributed by atoms with van der Waals surface area (Å²) < 4.78 is 5.23. The molecule has 0 radical (unpaired) electrons. The first-order valence-corrected chi connectivity index (χ1v) is 9.58. The summed E-state index contributed by atoms with van der Waals surface area (Å²) in [5.74, 6) is 0.481. The third kappa shape index (κ3) is 5.25. The van der Waals surface area contributed by atoms with Crippen molar-refractivity contribution in [2.75, 3.05) is 18.4 Å². The van der Waals surface area contributed by atoms with Gasteiger partial charge in [0.15, 0.2) is 0 Å². The second-order valence-electron chi connectivity index (χ2n) is 6.39.